The van der Waals surface area contributed by atoms with Crippen LogP contribution in [0.3, 0.4) is 0 Å². The Labute approximate surface area is 89.2 Å². The maximum Gasteiger partial charge on any atom is 0.278 e. The Bertz CT molecular complexity index is 537. The third-order valence-electron chi connectivity index (χ3n) is 2.32. The lowest BCUT2D eigenvalue weighted by Gasteiger charge is -2.03. The average Bonchev–Trinajstić information content (AvgIpc) is 2.60. The Balaban J connectivity index is 2.57. The Morgan fingerprint density at radius 1 is 1.38 bits per heavy atom. The molecule has 6 heteroatoms. The normalized spacial score (nSPS) is 11.2. The van der Waals surface area contributed by atoms with Crippen molar-refractivity contribution >= 4 is 16.6 Å². The number of non-ortho nitro benzene ring substituents is 1. The second-order valence-corrected chi connectivity index (χ2v) is 3.33. The van der Waals surface area contributed by atoms with Crippen molar-refractivity contribution in [3.8, 4) is 0 Å². The monoisotopic (exact) mass is 226 g/mol. The van der Waals surface area contributed by atoms with Gasteiger partial charge in [-0.25, -0.2) is 8.78 Å². The first-order valence-corrected chi connectivity index (χ1v) is 4.60. The summed E-state index contributed by atoms with van der Waals surface area (Å²) in [4.78, 5) is 10.2. The molecule has 1 heterocycles. The van der Waals surface area contributed by atoms with Crippen LogP contribution in [0.5, 0.6) is 0 Å². The van der Waals surface area contributed by atoms with E-state index in [1.165, 1.54) is 29.0 Å². The zero-order valence-corrected chi connectivity index (χ0v) is 8.14. The molecular weight excluding hydrogens is 218 g/mol. The first-order chi connectivity index (χ1) is 7.59. The zero-order chi connectivity index (χ0) is 11.7. The topological polar surface area (TPSA) is 48.1 Å². The van der Waals surface area contributed by atoms with Gasteiger partial charge in [-0.15, -0.1) is 0 Å². The fraction of sp³-hybridized carbons (Fsp3) is 0.200. The highest BCUT2D eigenvalue weighted by Gasteiger charge is 2.14. The van der Waals surface area contributed by atoms with E-state index in [0.717, 1.165) is 0 Å². The van der Waals surface area contributed by atoms with Crippen molar-refractivity contribution in [3.05, 3.63) is 40.6 Å². The molecule has 0 bridgehead atoms. The Morgan fingerprint density at radius 3 is 2.75 bits per heavy atom. The largest absolute Gasteiger partial charge is 0.342 e. The molecule has 4 nitrogen and oxygen atoms in total. The minimum absolute atomic E-state index is 0.0643. The molecule has 0 saturated heterocycles. The lowest BCUT2D eigenvalue weighted by molar-refractivity contribution is -0.383. The summed E-state index contributed by atoms with van der Waals surface area (Å²) in [5.41, 5.74) is 0.389. The van der Waals surface area contributed by atoms with E-state index >= 15 is 0 Å². The van der Waals surface area contributed by atoms with Crippen LogP contribution in [-0.4, -0.2) is 15.9 Å². The minimum atomic E-state index is -2.48. The summed E-state index contributed by atoms with van der Waals surface area (Å²) in [7, 11) is 0. The van der Waals surface area contributed by atoms with Crippen molar-refractivity contribution in [1.29, 1.82) is 0 Å². The van der Waals surface area contributed by atoms with Crippen LogP contribution >= 0.6 is 0 Å². The van der Waals surface area contributed by atoms with Gasteiger partial charge in [-0.05, 0) is 12.1 Å². The zero-order valence-electron chi connectivity index (χ0n) is 8.14. The molecule has 0 fully saturated rings. The van der Waals surface area contributed by atoms with Gasteiger partial charge in [0.15, 0.2) is 0 Å². The first kappa shape index (κ1) is 10.5. The molecule has 84 valence electrons. The minimum Gasteiger partial charge on any atom is -0.342 e. The van der Waals surface area contributed by atoms with E-state index in [-0.39, 0.29) is 5.69 Å². The van der Waals surface area contributed by atoms with Gasteiger partial charge in [-0.3, -0.25) is 10.1 Å². The quantitative estimate of drug-likeness (QED) is 0.596. The van der Waals surface area contributed by atoms with Crippen LogP contribution < -0.4 is 0 Å². The van der Waals surface area contributed by atoms with Gasteiger partial charge in [0, 0.05) is 12.3 Å². The van der Waals surface area contributed by atoms with Crippen LogP contribution in [-0.2, 0) is 6.54 Å². The van der Waals surface area contributed by atoms with Crippen molar-refractivity contribution in [1.82, 2.24) is 4.57 Å². The van der Waals surface area contributed by atoms with Crippen molar-refractivity contribution in [2.24, 2.45) is 0 Å². The number of hydrogen-bond donors (Lipinski definition) is 0. The molecule has 0 aliphatic carbocycles. The lowest BCUT2D eigenvalue weighted by atomic mass is 10.2. The van der Waals surface area contributed by atoms with Gasteiger partial charge >= 0.3 is 0 Å². The molecule has 0 aliphatic rings. The van der Waals surface area contributed by atoms with Crippen LogP contribution in [0.2, 0.25) is 0 Å². The predicted molar refractivity (Wildman–Crippen MR) is 54.6 cm³/mol. The third-order valence-corrected chi connectivity index (χ3v) is 2.32. The van der Waals surface area contributed by atoms with Gasteiger partial charge in [-0.1, -0.05) is 6.07 Å². The summed E-state index contributed by atoms with van der Waals surface area (Å²) < 4.78 is 25.8. The molecule has 0 saturated carbocycles. The van der Waals surface area contributed by atoms with Crippen molar-refractivity contribution in [2.75, 3.05) is 0 Å². The maximum atomic E-state index is 12.2. The molecule has 0 N–H and O–H groups in total. The van der Waals surface area contributed by atoms with E-state index in [1.807, 2.05) is 0 Å². The number of benzene rings is 1. The standard InChI is InChI=1S/C10H8F2N2O2/c11-10(12)6-13-5-4-7-8(13)2-1-3-9(7)14(15)16/h1-5,10H,6H2. The Morgan fingerprint density at radius 2 is 2.12 bits per heavy atom. The summed E-state index contributed by atoms with van der Waals surface area (Å²) in [6, 6.07) is 5.91. The smallest absolute Gasteiger partial charge is 0.278 e. The van der Waals surface area contributed by atoms with Crippen LogP contribution in [0.15, 0.2) is 30.5 Å². The number of nitrogens with zero attached hydrogens (tertiary/aromatic N) is 2. The number of hydrogen-bond acceptors (Lipinski definition) is 2. The lowest BCUT2D eigenvalue weighted by Crippen LogP contribution is -2.04. The maximum absolute atomic E-state index is 12.2. The van der Waals surface area contributed by atoms with Gasteiger partial charge in [0.05, 0.1) is 22.4 Å². The highest BCUT2D eigenvalue weighted by atomic mass is 19.3. The Kier molecular flexibility index (Phi) is 2.55. The fourth-order valence-corrected chi connectivity index (χ4v) is 1.67. The Hall–Kier alpha value is -1.98. The molecule has 0 spiro atoms. The molecular formula is C10H8F2N2O2. The van der Waals surface area contributed by atoms with Crippen LogP contribution in [0, 0.1) is 10.1 Å². The van der Waals surface area contributed by atoms with E-state index in [2.05, 4.69) is 0 Å². The summed E-state index contributed by atoms with van der Waals surface area (Å²) in [5, 5.41) is 11.1. The molecule has 0 unspecified atom stereocenters. The molecule has 0 atom stereocenters. The van der Waals surface area contributed by atoms with Crippen molar-refractivity contribution < 1.29 is 13.7 Å². The second kappa shape index (κ2) is 3.88. The van der Waals surface area contributed by atoms with Gasteiger partial charge < -0.3 is 4.57 Å². The second-order valence-electron chi connectivity index (χ2n) is 3.33. The highest BCUT2D eigenvalue weighted by molar-refractivity contribution is 5.89. The number of fused-ring (bicyclic) bond motifs is 1. The van der Waals surface area contributed by atoms with Gasteiger partial charge in [0.1, 0.15) is 0 Å². The van der Waals surface area contributed by atoms with Gasteiger partial charge in [-0.2, -0.15) is 0 Å². The number of halogens is 2. The number of aromatic nitrogens is 1. The third kappa shape index (κ3) is 1.73. The summed E-state index contributed by atoms with van der Waals surface area (Å²) >= 11 is 0. The highest BCUT2D eigenvalue weighted by Crippen LogP contribution is 2.26. The molecule has 16 heavy (non-hydrogen) atoms. The molecule has 2 aromatic rings. The predicted octanol–water partition coefficient (Wildman–Crippen LogP) is 2.81. The molecule has 1 aromatic carbocycles. The number of rotatable bonds is 3. The van der Waals surface area contributed by atoms with Crippen molar-refractivity contribution in [2.45, 2.75) is 13.0 Å². The molecule has 0 radical (unpaired) electrons. The van der Waals surface area contributed by atoms with Crippen LogP contribution in [0.25, 0.3) is 10.9 Å². The van der Waals surface area contributed by atoms with E-state index in [0.29, 0.717) is 10.9 Å². The first-order valence-electron chi connectivity index (χ1n) is 4.60. The van der Waals surface area contributed by atoms with Crippen molar-refractivity contribution in [3.63, 3.8) is 0 Å². The van der Waals surface area contributed by atoms with Gasteiger partial charge in [0.2, 0.25) is 0 Å². The molecule has 1 aromatic heterocycles. The van der Waals surface area contributed by atoms with Crippen LogP contribution in [0.1, 0.15) is 0 Å². The van der Waals surface area contributed by atoms with Crippen LogP contribution in [0.4, 0.5) is 14.5 Å². The van der Waals surface area contributed by atoms with E-state index in [9.17, 15) is 18.9 Å². The number of alkyl halides is 2. The molecule has 0 aliphatic heterocycles. The molecule has 2 rings (SSSR count). The van der Waals surface area contributed by atoms with Gasteiger partial charge in [0.25, 0.3) is 12.1 Å². The van der Waals surface area contributed by atoms with E-state index in [1.54, 1.807) is 6.07 Å². The summed E-state index contributed by atoms with van der Waals surface area (Å²) in [5.74, 6) is 0. The van der Waals surface area contributed by atoms with E-state index < -0.39 is 17.9 Å². The molecule has 0 amide bonds. The number of nitro groups is 1. The number of nitro benzene ring substituents is 1. The fourth-order valence-electron chi connectivity index (χ4n) is 1.67. The van der Waals surface area contributed by atoms with E-state index in [4.69, 9.17) is 0 Å². The summed E-state index contributed by atoms with van der Waals surface area (Å²) in [6.45, 7) is -0.454. The summed E-state index contributed by atoms with van der Waals surface area (Å²) in [6.07, 6.45) is -1.04. The SMILES string of the molecule is O=[N+]([O-])c1cccc2c1ccn2CC(F)F. The average molecular weight is 226 g/mol.